The van der Waals surface area contributed by atoms with Crippen LogP contribution in [0, 0.1) is 5.92 Å². The summed E-state index contributed by atoms with van der Waals surface area (Å²) in [5.74, 6) is 1.17. The van der Waals surface area contributed by atoms with E-state index in [1.54, 1.807) is 0 Å². The third-order valence-electron chi connectivity index (χ3n) is 5.46. The van der Waals surface area contributed by atoms with E-state index in [-0.39, 0.29) is 0 Å². The van der Waals surface area contributed by atoms with Gasteiger partial charge in [-0.05, 0) is 94.2 Å². The van der Waals surface area contributed by atoms with Crippen molar-refractivity contribution in [3.05, 3.63) is 59.1 Å². The van der Waals surface area contributed by atoms with Gasteiger partial charge in [-0.3, -0.25) is 5.32 Å². The molecule has 1 fully saturated rings. The number of halogens is 1. The average molecular weight is 459 g/mol. The van der Waals surface area contributed by atoms with E-state index in [0.29, 0.717) is 16.9 Å². The number of carbonyl (C=O) groups excluding carboxylic acids is 1. The van der Waals surface area contributed by atoms with E-state index in [0.717, 1.165) is 35.6 Å². The summed E-state index contributed by atoms with van der Waals surface area (Å²) in [4.78, 5) is 12.8. The van der Waals surface area contributed by atoms with E-state index >= 15 is 0 Å². The summed E-state index contributed by atoms with van der Waals surface area (Å²) in [5.41, 5.74) is 2.53. The Bertz CT molecular complexity index is 900. The molecule has 0 spiro atoms. The molecular formula is C25H31ClN2O2S. The predicted molar refractivity (Wildman–Crippen MR) is 133 cm³/mol. The molecule has 4 nitrogen and oxygen atoms in total. The fraction of sp³-hybridized carbons (Fsp3) is 0.440. The van der Waals surface area contributed by atoms with E-state index in [1.807, 2.05) is 57.2 Å². The number of nitrogens with one attached hydrogen (secondary N) is 2. The van der Waals surface area contributed by atoms with Crippen molar-refractivity contribution in [2.75, 3.05) is 10.6 Å². The Balaban J connectivity index is 1.45. The maximum absolute atomic E-state index is 11.9. The van der Waals surface area contributed by atoms with Crippen molar-refractivity contribution in [2.45, 2.75) is 64.4 Å². The number of benzene rings is 2. The van der Waals surface area contributed by atoms with Gasteiger partial charge in [0.1, 0.15) is 5.60 Å². The molecule has 2 aromatic carbocycles. The minimum absolute atomic E-state index is 0.428. The number of ether oxygens (including phenoxy) is 1. The second kappa shape index (κ2) is 10.5. The maximum atomic E-state index is 11.9. The van der Waals surface area contributed by atoms with Crippen molar-refractivity contribution in [1.82, 2.24) is 0 Å². The topological polar surface area (TPSA) is 50.4 Å². The molecule has 0 radical (unpaired) electrons. The van der Waals surface area contributed by atoms with Gasteiger partial charge in [-0.25, -0.2) is 4.79 Å². The number of carbonyl (C=O) groups is 1. The molecule has 3 rings (SSSR count). The minimum atomic E-state index is -0.505. The molecular weight excluding hydrogens is 428 g/mol. The molecule has 31 heavy (non-hydrogen) atoms. The Hall–Kier alpha value is -2.11. The number of hydrogen-bond acceptors (Lipinski definition) is 3. The molecule has 2 aromatic rings. The molecule has 0 heterocycles. The average Bonchev–Trinajstić information content (AvgIpc) is 2.68. The highest BCUT2D eigenvalue weighted by atomic mass is 35.5. The van der Waals surface area contributed by atoms with Gasteiger partial charge >= 0.3 is 6.09 Å². The normalized spacial score (nSPS) is 18.8. The number of thiocarbonyl (C=S) groups is 1. The highest BCUT2D eigenvalue weighted by molar-refractivity contribution is 7.80. The summed E-state index contributed by atoms with van der Waals surface area (Å²) in [6, 6.07) is 15.8. The van der Waals surface area contributed by atoms with Crippen molar-refractivity contribution in [1.29, 1.82) is 0 Å². The van der Waals surface area contributed by atoms with Gasteiger partial charge < -0.3 is 10.1 Å². The number of rotatable bonds is 5. The van der Waals surface area contributed by atoms with Crippen molar-refractivity contribution in [2.24, 2.45) is 5.92 Å². The molecule has 0 aromatic heterocycles. The Morgan fingerprint density at radius 3 is 2.32 bits per heavy atom. The molecule has 1 saturated carbocycles. The second-order valence-electron chi connectivity index (χ2n) is 9.23. The van der Waals surface area contributed by atoms with Crippen molar-refractivity contribution in [3.8, 4) is 0 Å². The van der Waals surface area contributed by atoms with Gasteiger partial charge in [-0.1, -0.05) is 42.0 Å². The van der Waals surface area contributed by atoms with Crippen LogP contribution < -0.4 is 10.6 Å². The quantitative estimate of drug-likeness (QED) is 0.449. The van der Waals surface area contributed by atoms with Crippen LogP contribution in [0.3, 0.4) is 0 Å². The number of amides is 1. The lowest BCUT2D eigenvalue weighted by Crippen LogP contribution is -2.27. The van der Waals surface area contributed by atoms with Crippen molar-refractivity contribution in [3.63, 3.8) is 0 Å². The van der Waals surface area contributed by atoms with Crippen LogP contribution in [-0.4, -0.2) is 16.7 Å². The molecule has 166 valence electrons. The fourth-order valence-corrected chi connectivity index (χ4v) is 4.54. The highest BCUT2D eigenvalue weighted by Crippen LogP contribution is 2.37. The minimum Gasteiger partial charge on any atom is -0.444 e. The SMILES string of the molecule is CC(C)(C)OC(=O)Nc1ccc(C2CCC(CC(=S)Nc3cccc(Cl)c3)CC2)cc1. The van der Waals surface area contributed by atoms with E-state index in [2.05, 4.69) is 22.8 Å². The Kier molecular flexibility index (Phi) is 7.95. The molecule has 0 unspecified atom stereocenters. The first-order chi connectivity index (χ1) is 14.7. The molecule has 0 saturated heterocycles. The zero-order valence-corrected chi connectivity index (χ0v) is 20.0. The summed E-state index contributed by atoms with van der Waals surface area (Å²) < 4.78 is 5.30. The smallest absolute Gasteiger partial charge is 0.412 e. The highest BCUT2D eigenvalue weighted by Gasteiger charge is 2.23. The molecule has 2 N–H and O–H groups in total. The van der Waals surface area contributed by atoms with Crippen LogP contribution >= 0.6 is 23.8 Å². The number of anilines is 2. The van der Waals surface area contributed by atoms with Crippen LogP contribution in [-0.2, 0) is 4.74 Å². The summed E-state index contributed by atoms with van der Waals surface area (Å²) >= 11 is 11.6. The molecule has 1 aliphatic carbocycles. The first-order valence-corrected chi connectivity index (χ1v) is 11.6. The monoisotopic (exact) mass is 458 g/mol. The van der Waals surface area contributed by atoms with Crippen LogP contribution in [0.2, 0.25) is 5.02 Å². The predicted octanol–water partition coefficient (Wildman–Crippen LogP) is 7.79. The Labute approximate surface area is 195 Å². The molecule has 0 atom stereocenters. The molecule has 0 aliphatic heterocycles. The van der Waals surface area contributed by atoms with Crippen LogP contribution in [0.15, 0.2) is 48.5 Å². The fourth-order valence-electron chi connectivity index (χ4n) is 4.00. The third kappa shape index (κ3) is 7.82. The van der Waals surface area contributed by atoms with E-state index in [9.17, 15) is 4.79 Å². The van der Waals surface area contributed by atoms with Crippen LogP contribution in [0.4, 0.5) is 16.2 Å². The lowest BCUT2D eigenvalue weighted by Gasteiger charge is -2.29. The molecule has 1 aliphatic rings. The zero-order chi connectivity index (χ0) is 22.4. The third-order valence-corrected chi connectivity index (χ3v) is 5.96. The second-order valence-corrected chi connectivity index (χ2v) is 10.2. The first-order valence-electron chi connectivity index (χ1n) is 10.8. The maximum Gasteiger partial charge on any atom is 0.412 e. The zero-order valence-electron chi connectivity index (χ0n) is 18.4. The standard InChI is InChI=1S/C25H31ClN2O2S/c1-25(2,3)30-24(29)28-21-13-11-19(12-14-21)18-9-7-17(8-10-18)15-23(31)27-22-6-4-5-20(26)16-22/h4-6,11-14,16-18H,7-10,15H2,1-3H3,(H,27,31)(H,28,29). The van der Waals surface area contributed by atoms with Gasteiger partial charge in [0, 0.05) is 22.8 Å². The van der Waals surface area contributed by atoms with Gasteiger partial charge in [0.05, 0.1) is 4.99 Å². The lowest BCUT2D eigenvalue weighted by molar-refractivity contribution is 0.0636. The van der Waals surface area contributed by atoms with Crippen LogP contribution in [0.5, 0.6) is 0 Å². The van der Waals surface area contributed by atoms with Crippen molar-refractivity contribution >= 4 is 46.3 Å². The van der Waals surface area contributed by atoms with E-state index < -0.39 is 11.7 Å². The van der Waals surface area contributed by atoms with Gasteiger partial charge in [0.15, 0.2) is 0 Å². The van der Waals surface area contributed by atoms with E-state index in [4.69, 9.17) is 28.6 Å². The van der Waals surface area contributed by atoms with E-state index in [1.165, 1.54) is 18.4 Å². The molecule has 6 heteroatoms. The molecule has 1 amide bonds. The first kappa shape index (κ1) is 23.6. The lowest BCUT2D eigenvalue weighted by atomic mass is 9.77. The summed E-state index contributed by atoms with van der Waals surface area (Å²) in [6.07, 6.45) is 5.13. The Morgan fingerprint density at radius 2 is 1.71 bits per heavy atom. The summed E-state index contributed by atoms with van der Waals surface area (Å²) in [7, 11) is 0. The molecule has 0 bridgehead atoms. The Morgan fingerprint density at radius 1 is 1.03 bits per heavy atom. The van der Waals surface area contributed by atoms with Crippen LogP contribution in [0.1, 0.15) is 64.4 Å². The van der Waals surface area contributed by atoms with Crippen molar-refractivity contribution < 1.29 is 9.53 Å². The van der Waals surface area contributed by atoms with Gasteiger partial charge in [0.25, 0.3) is 0 Å². The van der Waals surface area contributed by atoms with Gasteiger partial charge in [-0.2, -0.15) is 0 Å². The number of hydrogen-bond donors (Lipinski definition) is 2. The van der Waals surface area contributed by atoms with Crippen LogP contribution in [0.25, 0.3) is 0 Å². The summed E-state index contributed by atoms with van der Waals surface area (Å²) in [5, 5.41) is 6.81. The van der Waals surface area contributed by atoms with Gasteiger partial charge in [-0.15, -0.1) is 0 Å². The summed E-state index contributed by atoms with van der Waals surface area (Å²) in [6.45, 7) is 5.56. The largest absolute Gasteiger partial charge is 0.444 e. The van der Waals surface area contributed by atoms with Gasteiger partial charge in [0.2, 0.25) is 0 Å².